The van der Waals surface area contributed by atoms with E-state index in [1.165, 1.54) is 51.4 Å². The first-order chi connectivity index (χ1) is 7.72. The number of hydrogen-bond donors (Lipinski definition) is 0. The van der Waals surface area contributed by atoms with E-state index in [4.69, 9.17) is 0 Å². The quantitative estimate of drug-likeness (QED) is 0.482. The van der Waals surface area contributed by atoms with E-state index in [2.05, 4.69) is 32.9 Å². The van der Waals surface area contributed by atoms with Crippen molar-refractivity contribution < 1.29 is 0 Å². The Bertz CT molecular complexity index is 182. The van der Waals surface area contributed by atoms with Crippen LogP contribution in [0.2, 0.25) is 0 Å². The maximum Gasteiger partial charge on any atom is -0.0327 e. The molecule has 1 aliphatic rings. The third-order valence-electron chi connectivity index (χ3n) is 4.06. The Hall–Kier alpha value is -0.260. The normalized spacial score (nSPS) is 25.2. The molecular formula is C17H34. The van der Waals surface area contributed by atoms with Gasteiger partial charge in [-0.25, -0.2) is 0 Å². The van der Waals surface area contributed by atoms with E-state index in [1.807, 2.05) is 0 Å². The van der Waals surface area contributed by atoms with Crippen molar-refractivity contribution in [3.05, 3.63) is 12.2 Å². The molecule has 0 aromatic rings. The van der Waals surface area contributed by atoms with Crippen molar-refractivity contribution in [1.82, 2.24) is 0 Å². The Kier molecular flexibility index (Phi) is 9.59. The second-order valence-corrected chi connectivity index (χ2v) is 5.97. The molecular weight excluding hydrogens is 204 g/mol. The van der Waals surface area contributed by atoms with Gasteiger partial charge in [0.25, 0.3) is 0 Å². The second-order valence-electron chi connectivity index (χ2n) is 5.97. The van der Waals surface area contributed by atoms with Crippen molar-refractivity contribution in [1.29, 1.82) is 0 Å². The van der Waals surface area contributed by atoms with Gasteiger partial charge in [-0.2, -0.15) is 0 Å². The Morgan fingerprint density at radius 3 is 2.12 bits per heavy atom. The van der Waals surface area contributed by atoms with E-state index in [9.17, 15) is 0 Å². The zero-order valence-electron chi connectivity index (χ0n) is 11.5. The standard InChI is InChI=1S/C16H30.CH4/c1-4-15-10-12-16(13-11-15)9-7-5-6-8-14(2)3;/h5-6,14-16H,4,7-13H2,1-3H3;1H4/b6-5-;. The fourth-order valence-electron chi connectivity index (χ4n) is 2.75. The van der Waals surface area contributed by atoms with Gasteiger partial charge in [0.2, 0.25) is 0 Å². The first-order valence-electron chi connectivity index (χ1n) is 7.37. The summed E-state index contributed by atoms with van der Waals surface area (Å²) in [5.41, 5.74) is 0. The molecule has 102 valence electrons. The lowest BCUT2D eigenvalue weighted by molar-refractivity contribution is 0.259. The maximum absolute atomic E-state index is 2.41. The molecule has 0 heteroatoms. The molecule has 0 unspecified atom stereocenters. The molecule has 1 aliphatic carbocycles. The number of rotatable bonds is 6. The van der Waals surface area contributed by atoms with Gasteiger partial charge in [0, 0.05) is 0 Å². The molecule has 17 heavy (non-hydrogen) atoms. The van der Waals surface area contributed by atoms with E-state index < -0.39 is 0 Å². The van der Waals surface area contributed by atoms with Crippen molar-refractivity contribution in [2.24, 2.45) is 17.8 Å². The van der Waals surface area contributed by atoms with E-state index in [0.717, 1.165) is 17.8 Å². The summed E-state index contributed by atoms with van der Waals surface area (Å²) in [5.74, 6) is 2.90. The van der Waals surface area contributed by atoms with Gasteiger partial charge in [0.15, 0.2) is 0 Å². The maximum atomic E-state index is 2.41. The number of hydrogen-bond acceptors (Lipinski definition) is 0. The summed E-state index contributed by atoms with van der Waals surface area (Å²) in [5, 5.41) is 0. The van der Waals surface area contributed by atoms with Crippen LogP contribution in [-0.2, 0) is 0 Å². The van der Waals surface area contributed by atoms with Crippen LogP contribution < -0.4 is 0 Å². The summed E-state index contributed by atoms with van der Waals surface area (Å²) in [6.07, 6.45) is 16.2. The van der Waals surface area contributed by atoms with Gasteiger partial charge in [-0.05, 0) is 37.0 Å². The van der Waals surface area contributed by atoms with Gasteiger partial charge >= 0.3 is 0 Å². The molecule has 0 N–H and O–H groups in total. The molecule has 0 aromatic heterocycles. The molecule has 0 spiro atoms. The summed E-state index contributed by atoms with van der Waals surface area (Å²) in [6.45, 7) is 6.92. The first-order valence-corrected chi connectivity index (χ1v) is 7.37. The topological polar surface area (TPSA) is 0 Å². The van der Waals surface area contributed by atoms with E-state index >= 15 is 0 Å². The molecule has 0 heterocycles. The molecule has 1 fully saturated rings. The predicted molar refractivity (Wildman–Crippen MR) is 80.3 cm³/mol. The SMILES string of the molecule is C.CCC1CCC(CC/C=C\CC(C)C)CC1. The van der Waals surface area contributed by atoms with Gasteiger partial charge in [0.05, 0.1) is 0 Å². The average Bonchev–Trinajstić information content (AvgIpc) is 2.29. The van der Waals surface area contributed by atoms with Crippen molar-refractivity contribution in [3.63, 3.8) is 0 Å². The molecule has 0 atom stereocenters. The molecule has 1 saturated carbocycles. The van der Waals surface area contributed by atoms with E-state index in [1.54, 1.807) is 0 Å². The fourth-order valence-corrected chi connectivity index (χ4v) is 2.75. The largest absolute Gasteiger partial charge is 0.0885 e. The van der Waals surface area contributed by atoms with Crippen molar-refractivity contribution in [3.8, 4) is 0 Å². The third kappa shape index (κ3) is 7.63. The van der Waals surface area contributed by atoms with E-state index in [0.29, 0.717) is 0 Å². The van der Waals surface area contributed by atoms with Crippen LogP contribution >= 0.6 is 0 Å². The highest BCUT2D eigenvalue weighted by Gasteiger charge is 2.18. The molecule has 1 rings (SSSR count). The summed E-state index contributed by atoms with van der Waals surface area (Å²) < 4.78 is 0. The lowest BCUT2D eigenvalue weighted by atomic mass is 9.79. The highest BCUT2D eigenvalue weighted by atomic mass is 14.2. The average molecular weight is 238 g/mol. The van der Waals surface area contributed by atoms with Crippen LogP contribution in [0.4, 0.5) is 0 Å². The van der Waals surface area contributed by atoms with Crippen LogP contribution in [-0.4, -0.2) is 0 Å². The lowest BCUT2D eigenvalue weighted by Crippen LogP contribution is -2.13. The molecule has 0 saturated heterocycles. The molecule has 0 amide bonds. The van der Waals surface area contributed by atoms with Gasteiger partial charge in [-0.1, -0.05) is 72.5 Å². The predicted octanol–water partition coefficient (Wildman–Crippen LogP) is 6.22. The molecule has 0 bridgehead atoms. The monoisotopic (exact) mass is 238 g/mol. The minimum atomic E-state index is 0. The van der Waals surface area contributed by atoms with Gasteiger partial charge in [-0.3, -0.25) is 0 Å². The van der Waals surface area contributed by atoms with Gasteiger partial charge in [0.1, 0.15) is 0 Å². The second kappa shape index (κ2) is 9.74. The van der Waals surface area contributed by atoms with Crippen LogP contribution in [0.5, 0.6) is 0 Å². The summed E-state index contributed by atoms with van der Waals surface area (Å²) in [4.78, 5) is 0. The van der Waals surface area contributed by atoms with Crippen LogP contribution in [0, 0.1) is 17.8 Å². The van der Waals surface area contributed by atoms with Crippen molar-refractivity contribution >= 4 is 0 Å². The van der Waals surface area contributed by atoms with Crippen molar-refractivity contribution in [2.75, 3.05) is 0 Å². The minimum absolute atomic E-state index is 0. The molecule has 0 aromatic carbocycles. The summed E-state index contributed by atoms with van der Waals surface area (Å²) >= 11 is 0. The van der Waals surface area contributed by atoms with Gasteiger partial charge < -0.3 is 0 Å². The van der Waals surface area contributed by atoms with Crippen LogP contribution in [0.1, 0.15) is 79.6 Å². The Morgan fingerprint density at radius 1 is 1.00 bits per heavy atom. The molecule has 0 nitrogen and oxygen atoms in total. The van der Waals surface area contributed by atoms with Crippen LogP contribution in [0.3, 0.4) is 0 Å². The summed E-state index contributed by atoms with van der Waals surface area (Å²) in [6, 6.07) is 0. The zero-order chi connectivity index (χ0) is 11.8. The smallest absolute Gasteiger partial charge is 0.0327 e. The zero-order valence-corrected chi connectivity index (χ0v) is 11.5. The molecule has 0 aliphatic heterocycles. The highest BCUT2D eigenvalue weighted by molar-refractivity contribution is 4.84. The summed E-state index contributed by atoms with van der Waals surface area (Å²) in [7, 11) is 0. The Morgan fingerprint density at radius 2 is 1.59 bits per heavy atom. The Balaban J connectivity index is 0.00000256. The fraction of sp³-hybridized carbons (Fsp3) is 0.882. The van der Waals surface area contributed by atoms with Crippen LogP contribution in [0.25, 0.3) is 0 Å². The Labute approximate surface area is 110 Å². The minimum Gasteiger partial charge on any atom is -0.0885 e. The highest BCUT2D eigenvalue weighted by Crippen LogP contribution is 2.32. The van der Waals surface area contributed by atoms with Gasteiger partial charge in [-0.15, -0.1) is 0 Å². The number of allylic oxidation sites excluding steroid dienone is 2. The first kappa shape index (κ1) is 16.7. The third-order valence-corrected chi connectivity index (χ3v) is 4.06. The van der Waals surface area contributed by atoms with Crippen LogP contribution in [0.15, 0.2) is 12.2 Å². The van der Waals surface area contributed by atoms with Crippen molar-refractivity contribution in [2.45, 2.75) is 79.6 Å². The molecule has 0 radical (unpaired) electrons. The van der Waals surface area contributed by atoms with E-state index in [-0.39, 0.29) is 7.43 Å². The lowest BCUT2D eigenvalue weighted by Gasteiger charge is -2.27.